The normalized spacial score (nSPS) is 24.6. The van der Waals surface area contributed by atoms with Crippen molar-refractivity contribution in [1.29, 1.82) is 0 Å². The first kappa shape index (κ1) is 31.0. The Bertz CT molecular complexity index is 1380. The molecular formula is C23H31N6O10P. The number of rotatable bonds is 13. The van der Waals surface area contributed by atoms with E-state index in [2.05, 4.69) is 15.1 Å². The van der Waals surface area contributed by atoms with E-state index in [1.54, 1.807) is 25.1 Å². The molecule has 2 aromatic rings. The van der Waals surface area contributed by atoms with Crippen molar-refractivity contribution in [1.82, 2.24) is 14.6 Å². The molecule has 0 aliphatic carbocycles. The molecule has 3 rings (SSSR count). The Kier molecular flexibility index (Phi) is 10.3. The van der Waals surface area contributed by atoms with Crippen LogP contribution in [0, 0.1) is 5.92 Å². The van der Waals surface area contributed by atoms with Gasteiger partial charge in [0.2, 0.25) is 5.72 Å². The van der Waals surface area contributed by atoms with Crippen molar-refractivity contribution in [3.8, 4) is 5.75 Å². The number of hydrogen-bond donors (Lipinski definition) is 4. The van der Waals surface area contributed by atoms with Crippen molar-refractivity contribution in [2.24, 2.45) is 11.0 Å². The maximum absolute atomic E-state index is 14.0. The summed E-state index contributed by atoms with van der Waals surface area (Å²) >= 11 is 0. The number of aromatic nitrogens is 2. The number of esters is 1. The molecule has 1 aliphatic rings. The van der Waals surface area contributed by atoms with Gasteiger partial charge in [-0.3, -0.25) is 23.7 Å². The van der Waals surface area contributed by atoms with Crippen molar-refractivity contribution in [2.45, 2.75) is 57.4 Å². The largest absolute Gasteiger partial charge is 0.465 e. The number of azide groups is 1. The molecule has 218 valence electrons. The molecule has 0 radical (unpaired) electrons. The van der Waals surface area contributed by atoms with Crippen LogP contribution in [0.4, 0.5) is 0 Å². The molecule has 1 aromatic carbocycles. The third kappa shape index (κ3) is 7.37. The van der Waals surface area contributed by atoms with Gasteiger partial charge in [-0.2, -0.15) is 5.09 Å². The summed E-state index contributed by atoms with van der Waals surface area (Å²) in [6.45, 7) is 4.37. The van der Waals surface area contributed by atoms with Crippen LogP contribution >= 0.6 is 7.75 Å². The Hall–Kier alpha value is -3.49. The van der Waals surface area contributed by atoms with Crippen molar-refractivity contribution < 1.29 is 38.1 Å². The fourth-order valence-electron chi connectivity index (χ4n) is 3.92. The smallest absolute Gasteiger partial charge is 0.459 e. The summed E-state index contributed by atoms with van der Waals surface area (Å²) in [7, 11) is -4.53. The molecule has 1 unspecified atom stereocenters. The van der Waals surface area contributed by atoms with E-state index >= 15 is 0 Å². The van der Waals surface area contributed by atoms with Crippen LogP contribution in [0.15, 0.2) is 57.3 Å². The molecule has 1 aromatic heterocycles. The van der Waals surface area contributed by atoms with Crippen LogP contribution in [0.2, 0.25) is 0 Å². The fourth-order valence-corrected chi connectivity index (χ4v) is 5.45. The summed E-state index contributed by atoms with van der Waals surface area (Å²) in [5, 5.41) is 27.5. The molecular weight excluding hydrogens is 551 g/mol. The van der Waals surface area contributed by atoms with E-state index in [9.17, 15) is 34.7 Å². The van der Waals surface area contributed by atoms with E-state index < -0.39 is 61.8 Å². The van der Waals surface area contributed by atoms with Gasteiger partial charge >= 0.3 is 19.4 Å². The average molecular weight is 583 g/mol. The number of H-pyrrole nitrogens is 1. The fraction of sp³-hybridized carbons (Fsp3) is 0.522. The van der Waals surface area contributed by atoms with Gasteiger partial charge in [-0.15, -0.1) is 0 Å². The monoisotopic (exact) mass is 582 g/mol. The predicted molar refractivity (Wildman–Crippen MR) is 139 cm³/mol. The number of benzene rings is 1. The van der Waals surface area contributed by atoms with E-state index in [0.717, 1.165) is 16.8 Å². The van der Waals surface area contributed by atoms with Crippen LogP contribution in [-0.2, 0) is 23.4 Å². The standard InChI is InChI=1S/C23H31N6O10P/c1-4-36-21(33)16(12-14(2)3)26-40(35,39-15-8-6-5-7-9-15)37-13-23(27-28-24)19(32)18(31)20(38-23)29-11-10-17(30)25-22(29)34/h5-11,14,16,18-20,31-32H,4,12-13H2,1-3H3,(H,26,35)(H,25,30,34)/t16-,18-,19+,20+,23+,40?/m0/s1. The number of aliphatic hydroxyl groups excluding tert-OH is 2. The average Bonchev–Trinajstić information content (AvgIpc) is 3.13. The van der Waals surface area contributed by atoms with Gasteiger partial charge in [0.05, 0.1) is 13.2 Å². The van der Waals surface area contributed by atoms with Crippen LogP contribution in [0.1, 0.15) is 33.4 Å². The molecule has 2 heterocycles. The Morgan fingerprint density at radius 2 is 2.00 bits per heavy atom. The number of ether oxygens (including phenoxy) is 2. The number of para-hydroxylation sites is 1. The molecule has 0 spiro atoms. The molecule has 1 fully saturated rings. The van der Waals surface area contributed by atoms with Gasteiger partial charge in [-0.05, 0) is 36.9 Å². The lowest BCUT2D eigenvalue weighted by molar-refractivity contribution is -0.145. The van der Waals surface area contributed by atoms with Crippen molar-refractivity contribution in [2.75, 3.05) is 13.2 Å². The van der Waals surface area contributed by atoms with Gasteiger partial charge in [0.15, 0.2) is 6.23 Å². The Balaban J connectivity index is 1.96. The summed E-state index contributed by atoms with van der Waals surface area (Å²) < 4.78 is 36.7. The van der Waals surface area contributed by atoms with Crippen molar-refractivity contribution >= 4 is 13.7 Å². The van der Waals surface area contributed by atoms with E-state index in [4.69, 9.17) is 18.5 Å². The van der Waals surface area contributed by atoms with Gasteiger partial charge < -0.3 is 24.2 Å². The highest BCUT2D eigenvalue weighted by Gasteiger charge is 2.56. The first-order chi connectivity index (χ1) is 18.9. The van der Waals surface area contributed by atoms with Crippen molar-refractivity contribution in [3.05, 3.63) is 73.9 Å². The zero-order chi connectivity index (χ0) is 29.5. The predicted octanol–water partition coefficient (Wildman–Crippen LogP) is 1.56. The number of carbonyl (C=O) groups excluding carboxylic acids is 1. The lowest BCUT2D eigenvalue weighted by Gasteiger charge is -2.30. The molecule has 0 bridgehead atoms. The number of aromatic amines is 1. The molecule has 1 aliphatic heterocycles. The molecule has 17 heteroatoms. The van der Waals surface area contributed by atoms with Crippen LogP contribution in [-0.4, -0.2) is 62.9 Å². The zero-order valence-electron chi connectivity index (χ0n) is 21.9. The first-order valence-electron chi connectivity index (χ1n) is 12.3. The first-order valence-corrected chi connectivity index (χ1v) is 13.8. The van der Waals surface area contributed by atoms with E-state index in [0.29, 0.717) is 0 Å². The lowest BCUT2D eigenvalue weighted by atomic mass is 10.1. The molecule has 40 heavy (non-hydrogen) atoms. The summed E-state index contributed by atoms with van der Waals surface area (Å²) in [4.78, 5) is 41.0. The second-order valence-electron chi connectivity index (χ2n) is 9.23. The Morgan fingerprint density at radius 3 is 2.60 bits per heavy atom. The number of nitrogens with zero attached hydrogens (tertiary/aromatic N) is 4. The van der Waals surface area contributed by atoms with E-state index in [-0.39, 0.29) is 24.7 Å². The highest BCUT2D eigenvalue weighted by atomic mass is 31.2. The summed E-state index contributed by atoms with van der Waals surface area (Å²) in [6.07, 6.45) is -4.29. The van der Waals surface area contributed by atoms with Gasteiger partial charge in [0, 0.05) is 17.2 Å². The van der Waals surface area contributed by atoms with Crippen LogP contribution in [0.5, 0.6) is 5.75 Å². The SMILES string of the molecule is CCOC(=O)[C@H](CC(C)C)NP(=O)(OC[C@@]1(N=[N+]=[N-])O[C@@H](n2ccc(=O)[nH]c2=O)[C@@H](O)[C@H]1O)Oc1ccccc1. The summed E-state index contributed by atoms with van der Waals surface area (Å²) in [6, 6.07) is 7.68. The van der Waals surface area contributed by atoms with E-state index in [1.807, 2.05) is 18.8 Å². The van der Waals surface area contributed by atoms with Gasteiger partial charge in [-0.25, -0.2) is 9.36 Å². The summed E-state index contributed by atoms with van der Waals surface area (Å²) in [5.41, 5.74) is 5.11. The summed E-state index contributed by atoms with van der Waals surface area (Å²) in [5.74, 6) is -0.673. The van der Waals surface area contributed by atoms with Crippen LogP contribution in [0.3, 0.4) is 0 Å². The van der Waals surface area contributed by atoms with Gasteiger partial charge in [0.1, 0.15) is 24.0 Å². The minimum Gasteiger partial charge on any atom is -0.465 e. The van der Waals surface area contributed by atoms with Crippen molar-refractivity contribution in [3.63, 3.8) is 0 Å². The maximum Gasteiger partial charge on any atom is 0.459 e. The zero-order valence-corrected chi connectivity index (χ0v) is 22.8. The second kappa shape index (κ2) is 13.2. The maximum atomic E-state index is 14.0. The number of hydrogen-bond acceptors (Lipinski definition) is 11. The number of nitrogens with one attached hydrogen (secondary N) is 2. The third-order valence-corrected chi connectivity index (χ3v) is 7.29. The molecule has 0 amide bonds. The minimum atomic E-state index is -4.53. The molecule has 4 N–H and O–H groups in total. The van der Waals surface area contributed by atoms with E-state index in [1.165, 1.54) is 12.1 Å². The quantitative estimate of drug-likeness (QED) is 0.0871. The number of aliphatic hydroxyl groups is 2. The Morgan fingerprint density at radius 1 is 1.30 bits per heavy atom. The number of carbonyl (C=O) groups is 1. The molecule has 1 saturated heterocycles. The molecule has 0 saturated carbocycles. The molecule has 6 atom stereocenters. The third-order valence-electron chi connectivity index (χ3n) is 5.74. The highest BCUT2D eigenvalue weighted by Crippen LogP contribution is 2.48. The van der Waals surface area contributed by atoms with Gasteiger partial charge in [-0.1, -0.05) is 37.2 Å². The van der Waals surface area contributed by atoms with Gasteiger partial charge in [0.25, 0.3) is 5.56 Å². The highest BCUT2D eigenvalue weighted by molar-refractivity contribution is 7.52. The Labute approximate surface area is 228 Å². The minimum absolute atomic E-state index is 0.0480. The second-order valence-corrected chi connectivity index (χ2v) is 10.9. The van der Waals surface area contributed by atoms with Crippen LogP contribution in [0.25, 0.3) is 10.4 Å². The lowest BCUT2D eigenvalue weighted by Crippen LogP contribution is -2.46. The molecule has 16 nitrogen and oxygen atoms in total. The van der Waals surface area contributed by atoms with Crippen LogP contribution < -0.4 is 20.9 Å². The topological polar surface area (TPSA) is 227 Å².